The van der Waals surface area contributed by atoms with Crippen molar-refractivity contribution in [3.63, 3.8) is 0 Å². The second-order valence-electron chi connectivity index (χ2n) is 5.69. The van der Waals surface area contributed by atoms with Gasteiger partial charge in [0.1, 0.15) is 0 Å². The van der Waals surface area contributed by atoms with Gasteiger partial charge in [0, 0.05) is 6.61 Å². The number of nitrogens with one attached hydrogen (secondary N) is 1. The summed E-state index contributed by atoms with van der Waals surface area (Å²) in [6, 6.07) is 9.18. The minimum absolute atomic E-state index is 0.0169. The Balaban J connectivity index is 2.28. The molecule has 0 saturated heterocycles. The van der Waals surface area contributed by atoms with E-state index in [0.717, 1.165) is 6.61 Å². The minimum Gasteiger partial charge on any atom is -0.373 e. The Kier molecular flexibility index (Phi) is 5.00. The maximum Gasteiger partial charge on any atom is 0.0876 e. The van der Waals surface area contributed by atoms with Crippen LogP contribution in [0.3, 0.4) is 0 Å². The van der Waals surface area contributed by atoms with E-state index >= 15 is 0 Å². The zero-order valence-corrected chi connectivity index (χ0v) is 12.5. The third kappa shape index (κ3) is 3.18. The van der Waals surface area contributed by atoms with E-state index in [1.54, 1.807) is 0 Å². The molecule has 1 aliphatic carbocycles. The zero-order chi connectivity index (χ0) is 13.7. The van der Waals surface area contributed by atoms with E-state index < -0.39 is 0 Å². The Morgan fingerprint density at radius 2 is 1.79 bits per heavy atom. The van der Waals surface area contributed by atoms with Crippen LogP contribution in [0.1, 0.15) is 56.2 Å². The molecule has 0 amide bonds. The van der Waals surface area contributed by atoms with Crippen LogP contribution in [0, 0.1) is 6.92 Å². The normalized spacial score (nSPS) is 20.2. The van der Waals surface area contributed by atoms with Crippen LogP contribution in [0.2, 0.25) is 0 Å². The van der Waals surface area contributed by atoms with Crippen LogP contribution < -0.4 is 5.32 Å². The highest BCUT2D eigenvalue weighted by molar-refractivity contribution is 5.26. The van der Waals surface area contributed by atoms with Gasteiger partial charge >= 0.3 is 0 Å². The third-order valence-electron chi connectivity index (χ3n) is 4.36. The number of ether oxygens (including phenoxy) is 1. The van der Waals surface area contributed by atoms with Gasteiger partial charge in [0.25, 0.3) is 0 Å². The molecule has 2 rings (SSSR count). The van der Waals surface area contributed by atoms with Crippen molar-refractivity contribution in [2.75, 3.05) is 13.7 Å². The molecule has 0 aromatic heterocycles. The van der Waals surface area contributed by atoms with Crippen LogP contribution in [0.4, 0.5) is 0 Å². The van der Waals surface area contributed by atoms with Crippen LogP contribution in [0.25, 0.3) is 0 Å². The first-order valence-electron chi connectivity index (χ1n) is 7.59. The first-order chi connectivity index (χ1) is 9.22. The Morgan fingerprint density at radius 1 is 1.16 bits per heavy atom. The second-order valence-corrected chi connectivity index (χ2v) is 5.69. The smallest absolute Gasteiger partial charge is 0.0876 e. The second kappa shape index (κ2) is 6.53. The number of hydrogen-bond acceptors (Lipinski definition) is 2. The third-order valence-corrected chi connectivity index (χ3v) is 4.36. The fourth-order valence-corrected chi connectivity index (χ4v) is 3.45. The molecule has 106 valence electrons. The molecule has 1 aromatic carbocycles. The van der Waals surface area contributed by atoms with E-state index in [1.807, 2.05) is 0 Å². The lowest BCUT2D eigenvalue weighted by Crippen LogP contribution is -2.46. The molecule has 19 heavy (non-hydrogen) atoms. The molecule has 1 saturated carbocycles. The number of rotatable bonds is 5. The molecule has 1 aromatic rings. The van der Waals surface area contributed by atoms with Crippen molar-refractivity contribution in [1.82, 2.24) is 5.32 Å². The van der Waals surface area contributed by atoms with Gasteiger partial charge in [-0.3, -0.25) is 0 Å². The van der Waals surface area contributed by atoms with Gasteiger partial charge in [-0.1, -0.05) is 49.1 Å². The van der Waals surface area contributed by atoms with Gasteiger partial charge in [-0.05, 0) is 39.3 Å². The Morgan fingerprint density at radius 3 is 2.32 bits per heavy atom. The van der Waals surface area contributed by atoms with Crippen LogP contribution in [-0.2, 0) is 4.74 Å². The highest BCUT2D eigenvalue weighted by atomic mass is 16.5. The summed E-state index contributed by atoms with van der Waals surface area (Å²) < 4.78 is 6.25. The largest absolute Gasteiger partial charge is 0.373 e. The van der Waals surface area contributed by atoms with Crippen LogP contribution in [-0.4, -0.2) is 19.3 Å². The Hall–Kier alpha value is -0.860. The van der Waals surface area contributed by atoms with Gasteiger partial charge in [0.2, 0.25) is 0 Å². The van der Waals surface area contributed by atoms with E-state index in [1.165, 1.54) is 43.2 Å². The highest BCUT2D eigenvalue weighted by Crippen LogP contribution is 2.41. The van der Waals surface area contributed by atoms with Gasteiger partial charge in [-0.15, -0.1) is 0 Å². The number of benzene rings is 1. The fourth-order valence-electron chi connectivity index (χ4n) is 3.45. The van der Waals surface area contributed by atoms with Crippen LogP contribution in [0.15, 0.2) is 24.3 Å². The molecular formula is C17H27NO. The first-order valence-corrected chi connectivity index (χ1v) is 7.59. The van der Waals surface area contributed by atoms with Crippen molar-refractivity contribution < 1.29 is 4.74 Å². The van der Waals surface area contributed by atoms with E-state index in [0.29, 0.717) is 6.04 Å². The van der Waals surface area contributed by atoms with Crippen LogP contribution in [0.5, 0.6) is 0 Å². The molecule has 1 N–H and O–H groups in total. The maximum absolute atomic E-state index is 6.25. The van der Waals surface area contributed by atoms with Gasteiger partial charge in [-0.25, -0.2) is 0 Å². The predicted molar refractivity (Wildman–Crippen MR) is 80.4 cm³/mol. The lowest BCUT2D eigenvalue weighted by molar-refractivity contribution is -0.0898. The van der Waals surface area contributed by atoms with E-state index in [-0.39, 0.29) is 5.60 Å². The number of likely N-dealkylation sites (N-methyl/N-ethyl adjacent to an activating group) is 1. The van der Waals surface area contributed by atoms with Crippen molar-refractivity contribution in [2.45, 2.75) is 57.6 Å². The first kappa shape index (κ1) is 14.5. The van der Waals surface area contributed by atoms with Crippen molar-refractivity contribution in [2.24, 2.45) is 0 Å². The van der Waals surface area contributed by atoms with Gasteiger partial charge in [0.15, 0.2) is 0 Å². The Labute approximate surface area is 117 Å². The Bertz CT molecular complexity index is 373. The lowest BCUT2D eigenvalue weighted by atomic mass is 9.76. The number of hydrogen-bond donors (Lipinski definition) is 1. The molecule has 1 atom stereocenters. The van der Waals surface area contributed by atoms with Gasteiger partial charge in [0.05, 0.1) is 11.6 Å². The molecule has 0 aliphatic heterocycles. The molecule has 0 spiro atoms. The zero-order valence-electron chi connectivity index (χ0n) is 12.5. The SMILES string of the molecule is CCOC1(C(NC)c2ccc(C)cc2)CCCCC1. The fraction of sp³-hybridized carbons (Fsp3) is 0.647. The van der Waals surface area contributed by atoms with E-state index in [2.05, 4.69) is 50.5 Å². The summed E-state index contributed by atoms with van der Waals surface area (Å²) in [5.41, 5.74) is 2.65. The summed E-state index contributed by atoms with van der Waals surface area (Å²) in [6.07, 6.45) is 6.24. The topological polar surface area (TPSA) is 21.3 Å². The maximum atomic E-state index is 6.25. The lowest BCUT2D eigenvalue weighted by Gasteiger charge is -2.43. The summed E-state index contributed by atoms with van der Waals surface area (Å²) in [7, 11) is 2.06. The molecule has 1 unspecified atom stereocenters. The minimum atomic E-state index is -0.0169. The summed E-state index contributed by atoms with van der Waals surface area (Å²) >= 11 is 0. The van der Waals surface area contributed by atoms with Crippen molar-refractivity contribution in [1.29, 1.82) is 0 Å². The molecule has 1 fully saturated rings. The average molecular weight is 261 g/mol. The van der Waals surface area contributed by atoms with Gasteiger partial charge in [-0.2, -0.15) is 0 Å². The molecule has 2 heteroatoms. The quantitative estimate of drug-likeness (QED) is 0.865. The van der Waals surface area contributed by atoms with E-state index in [4.69, 9.17) is 4.74 Å². The molecule has 2 nitrogen and oxygen atoms in total. The summed E-state index contributed by atoms with van der Waals surface area (Å²) in [5, 5.41) is 3.51. The molecule has 1 aliphatic rings. The standard InChI is InChI=1S/C17H27NO/c1-4-19-17(12-6-5-7-13-17)16(18-3)15-10-8-14(2)9-11-15/h8-11,16,18H,4-7,12-13H2,1-3H3. The van der Waals surface area contributed by atoms with E-state index in [9.17, 15) is 0 Å². The predicted octanol–water partition coefficient (Wildman–Crippen LogP) is 3.99. The summed E-state index contributed by atoms with van der Waals surface area (Å²) in [4.78, 5) is 0. The monoisotopic (exact) mass is 261 g/mol. The van der Waals surface area contributed by atoms with Crippen LogP contribution >= 0.6 is 0 Å². The van der Waals surface area contributed by atoms with Crippen molar-refractivity contribution in [3.8, 4) is 0 Å². The molecule has 0 heterocycles. The average Bonchev–Trinajstić information content (AvgIpc) is 2.43. The van der Waals surface area contributed by atoms with Crippen molar-refractivity contribution >= 4 is 0 Å². The molecule has 0 bridgehead atoms. The molecule has 0 radical (unpaired) electrons. The highest BCUT2D eigenvalue weighted by Gasteiger charge is 2.40. The van der Waals surface area contributed by atoms with Crippen molar-refractivity contribution in [3.05, 3.63) is 35.4 Å². The number of aryl methyl sites for hydroxylation is 1. The summed E-state index contributed by atoms with van der Waals surface area (Å²) in [5.74, 6) is 0. The summed E-state index contributed by atoms with van der Waals surface area (Å²) in [6.45, 7) is 5.04. The van der Waals surface area contributed by atoms with Gasteiger partial charge < -0.3 is 10.1 Å². The molecular weight excluding hydrogens is 234 g/mol.